The van der Waals surface area contributed by atoms with Crippen molar-refractivity contribution in [2.45, 2.75) is 124 Å². The average molecular weight is 487 g/mol. The minimum absolute atomic E-state index is 0.0236. The molecule has 0 amide bonds. The van der Waals surface area contributed by atoms with Crippen LogP contribution in [0, 0.1) is 46.3 Å². The first-order valence-electron chi connectivity index (χ1n) is 14.7. The van der Waals surface area contributed by atoms with Gasteiger partial charge in [0.05, 0.1) is 12.8 Å². The summed E-state index contributed by atoms with van der Waals surface area (Å²) in [5, 5.41) is 8.84. The molecule has 4 heteroatoms. The summed E-state index contributed by atoms with van der Waals surface area (Å²) in [6.45, 7) is 12.4. The molecule has 0 bridgehead atoms. The number of carboxylic acid groups (broad SMARTS) is 1. The molecular weight excluding hydrogens is 436 g/mol. The lowest BCUT2D eigenvalue weighted by Gasteiger charge is -2.58. The molecule has 3 fully saturated rings. The summed E-state index contributed by atoms with van der Waals surface area (Å²) in [6, 6.07) is 0. The molecule has 198 valence electrons. The highest BCUT2D eigenvalue weighted by Crippen LogP contribution is 2.67. The van der Waals surface area contributed by atoms with Crippen LogP contribution < -0.4 is 0 Å². The van der Waals surface area contributed by atoms with Gasteiger partial charge in [-0.3, -0.25) is 9.59 Å². The smallest absolute Gasteiger partial charge is 0.306 e. The molecule has 4 rings (SSSR count). The van der Waals surface area contributed by atoms with Gasteiger partial charge in [0.25, 0.3) is 0 Å². The quantitative estimate of drug-likeness (QED) is 0.267. The van der Waals surface area contributed by atoms with Crippen LogP contribution >= 0.6 is 0 Å². The molecule has 0 aliphatic heterocycles. The Kier molecular flexibility index (Phi) is 8.08. The molecule has 0 unspecified atom stereocenters. The van der Waals surface area contributed by atoms with Gasteiger partial charge in [-0.15, -0.1) is 0 Å². The third-order valence-electron chi connectivity index (χ3n) is 11.1. The van der Waals surface area contributed by atoms with E-state index in [0.717, 1.165) is 54.8 Å². The molecule has 4 aliphatic rings. The van der Waals surface area contributed by atoms with Gasteiger partial charge in [0.2, 0.25) is 0 Å². The standard InChI is InChI=1S/C31H50O4/c1-20(2)7-6-8-21(3)25-11-12-26-24-10-9-22-19-23(35-29(34)14-13-28(32)33)15-17-30(22,4)27(24)16-18-31(25,26)5/h9,20-21,23-27H,6-8,10-19H2,1-5H3,(H,32,33)/t21-,23+,24-,25-,26+,27+,30+,31-/m1/s1. The first kappa shape index (κ1) is 26.7. The van der Waals surface area contributed by atoms with E-state index >= 15 is 0 Å². The average Bonchev–Trinajstić information content (AvgIpc) is 3.15. The Morgan fingerprint density at radius 3 is 2.51 bits per heavy atom. The van der Waals surface area contributed by atoms with Crippen LogP contribution in [0.2, 0.25) is 0 Å². The molecule has 4 aliphatic carbocycles. The van der Waals surface area contributed by atoms with Crippen LogP contribution in [0.1, 0.15) is 118 Å². The third-order valence-corrected chi connectivity index (χ3v) is 11.1. The second-order valence-corrected chi connectivity index (χ2v) is 13.5. The number of carboxylic acids is 1. The van der Waals surface area contributed by atoms with Gasteiger partial charge in [-0.1, -0.05) is 65.5 Å². The molecule has 35 heavy (non-hydrogen) atoms. The predicted molar refractivity (Wildman–Crippen MR) is 140 cm³/mol. The predicted octanol–water partition coefficient (Wildman–Crippen LogP) is 7.80. The zero-order chi connectivity index (χ0) is 25.4. The summed E-state index contributed by atoms with van der Waals surface area (Å²) in [5.41, 5.74) is 2.27. The molecule has 0 aromatic carbocycles. The van der Waals surface area contributed by atoms with Gasteiger partial charge in [-0.05, 0) is 91.3 Å². The normalized spacial score (nSPS) is 39.3. The summed E-state index contributed by atoms with van der Waals surface area (Å²) < 4.78 is 5.70. The Bertz CT molecular complexity index is 815. The van der Waals surface area contributed by atoms with Crippen molar-refractivity contribution in [2.24, 2.45) is 46.3 Å². The molecule has 1 N–H and O–H groups in total. The van der Waals surface area contributed by atoms with E-state index in [1.165, 1.54) is 56.9 Å². The highest BCUT2D eigenvalue weighted by Gasteiger charge is 2.59. The van der Waals surface area contributed by atoms with Gasteiger partial charge in [0.15, 0.2) is 0 Å². The van der Waals surface area contributed by atoms with Crippen molar-refractivity contribution >= 4 is 11.9 Å². The number of carbonyl (C=O) groups is 2. The van der Waals surface area contributed by atoms with Crippen molar-refractivity contribution in [1.82, 2.24) is 0 Å². The lowest BCUT2D eigenvalue weighted by molar-refractivity contribution is -0.154. The van der Waals surface area contributed by atoms with Crippen LogP contribution in [0.3, 0.4) is 0 Å². The Hall–Kier alpha value is -1.32. The Morgan fingerprint density at radius 1 is 1.03 bits per heavy atom. The molecule has 4 nitrogen and oxygen atoms in total. The van der Waals surface area contributed by atoms with E-state index in [1.54, 1.807) is 0 Å². The zero-order valence-electron chi connectivity index (χ0n) is 23.0. The number of rotatable bonds is 9. The van der Waals surface area contributed by atoms with Gasteiger partial charge in [0, 0.05) is 6.42 Å². The second kappa shape index (κ2) is 10.6. The van der Waals surface area contributed by atoms with Crippen molar-refractivity contribution < 1.29 is 19.4 Å². The number of aliphatic carboxylic acids is 1. The zero-order valence-corrected chi connectivity index (χ0v) is 23.0. The first-order valence-corrected chi connectivity index (χ1v) is 14.7. The lowest BCUT2D eigenvalue weighted by atomic mass is 9.47. The van der Waals surface area contributed by atoms with Crippen molar-refractivity contribution in [3.63, 3.8) is 0 Å². The molecule has 8 atom stereocenters. The third kappa shape index (κ3) is 5.37. The molecule has 0 heterocycles. The van der Waals surface area contributed by atoms with Gasteiger partial charge >= 0.3 is 11.9 Å². The van der Waals surface area contributed by atoms with E-state index in [4.69, 9.17) is 9.84 Å². The first-order chi connectivity index (χ1) is 16.5. The summed E-state index contributed by atoms with van der Waals surface area (Å²) in [6.07, 6.45) is 16.0. The van der Waals surface area contributed by atoms with E-state index in [0.29, 0.717) is 5.41 Å². The van der Waals surface area contributed by atoms with Crippen LogP contribution in [-0.4, -0.2) is 23.1 Å². The fourth-order valence-electron chi connectivity index (χ4n) is 9.21. The van der Waals surface area contributed by atoms with Crippen LogP contribution in [0.25, 0.3) is 0 Å². The molecule has 0 radical (unpaired) electrons. The van der Waals surface area contributed by atoms with E-state index < -0.39 is 5.97 Å². The minimum Gasteiger partial charge on any atom is -0.481 e. The molecule has 0 aromatic rings. The molecule has 0 aromatic heterocycles. The number of carbonyl (C=O) groups excluding carboxylic acids is 1. The number of fused-ring (bicyclic) bond motifs is 5. The van der Waals surface area contributed by atoms with Crippen LogP contribution in [-0.2, 0) is 14.3 Å². The SMILES string of the molecule is CC(C)CCC[C@@H](C)[C@H]1CC[C@H]2[C@H]3CC=C4C[C@@H](OC(=O)CCC(=O)O)CC[C@]4(C)[C@H]3CC[C@]12C. The second-order valence-electron chi connectivity index (χ2n) is 13.5. The molecule has 3 saturated carbocycles. The largest absolute Gasteiger partial charge is 0.481 e. The fourth-order valence-corrected chi connectivity index (χ4v) is 9.21. The van der Waals surface area contributed by atoms with Gasteiger partial charge in [-0.2, -0.15) is 0 Å². The van der Waals surface area contributed by atoms with E-state index in [1.807, 2.05) is 0 Å². The highest BCUT2D eigenvalue weighted by molar-refractivity contribution is 5.76. The Labute approximate surface area is 213 Å². The molecule has 0 spiro atoms. The van der Waals surface area contributed by atoms with E-state index in [-0.39, 0.29) is 30.3 Å². The maximum absolute atomic E-state index is 12.1. The lowest BCUT2D eigenvalue weighted by Crippen LogP contribution is -2.51. The summed E-state index contributed by atoms with van der Waals surface area (Å²) in [4.78, 5) is 22.9. The summed E-state index contributed by atoms with van der Waals surface area (Å²) in [5.74, 6) is 3.68. The maximum Gasteiger partial charge on any atom is 0.306 e. The van der Waals surface area contributed by atoms with Crippen LogP contribution in [0.5, 0.6) is 0 Å². The molecule has 0 saturated heterocycles. The summed E-state index contributed by atoms with van der Waals surface area (Å²) >= 11 is 0. The van der Waals surface area contributed by atoms with E-state index in [9.17, 15) is 9.59 Å². The maximum atomic E-state index is 12.1. The summed E-state index contributed by atoms with van der Waals surface area (Å²) in [7, 11) is 0. The van der Waals surface area contributed by atoms with E-state index in [2.05, 4.69) is 40.7 Å². The van der Waals surface area contributed by atoms with Gasteiger partial charge < -0.3 is 9.84 Å². The highest BCUT2D eigenvalue weighted by atomic mass is 16.5. The number of hydrogen-bond donors (Lipinski definition) is 1. The monoisotopic (exact) mass is 486 g/mol. The number of ether oxygens (including phenoxy) is 1. The van der Waals surface area contributed by atoms with Gasteiger partial charge in [-0.25, -0.2) is 0 Å². The molecular formula is C31H50O4. The number of hydrogen-bond acceptors (Lipinski definition) is 3. The van der Waals surface area contributed by atoms with Crippen molar-refractivity contribution in [3.05, 3.63) is 11.6 Å². The topological polar surface area (TPSA) is 63.6 Å². The minimum atomic E-state index is -0.942. The fraction of sp³-hybridized carbons (Fsp3) is 0.871. The van der Waals surface area contributed by atoms with Crippen molar-refractivity contribution in [2.75, 3.05) is 0 Å². The van der Waals surface area contributed by atoms with Crippen LogP contribution in [0.15, 0.2) is 11.6 Å². The van der Waals surface area contributed by atoms with Crippen molar-refractivity contribution in [3.8, 4) is 0 Å². The van der Waals surface area contributed by atoms with Crippen LogP contribution in [0.4, 0.5) is 0 Å². The number of esters is 1. The number of allylic oxidation sites excluding steroid dienone is 1. The Balaban J connectivity index is 1.40. The van der Waals surface area contributed by atoms with Crippen molar-refractivity contribution in [1.29, 1.82) is 0 Å². The van der Waals surface area contributed by atoms with Gasteiger partial charge in [0.1, 0.15) is 6.10 Å². The Morgan fingerprint density at radius 2 is 1.80 bits per heavy atom.